The monoisotopic (exact) mass is 154 g/mol. The quantitative estimate of drug-likeness (QED) is 0.614. The first-order valence-corrected chi connectivity index (χ1v) is 4.24. The molecule has 11 heavy (non-hydrogen) atoms. The number of carbonyl (C=O) groups excluding carboxylic acids is 1. The lowest BCUT2D eigenvalue weighted by Gasteiger charge is -2.26. The number of hydrogen-bond acceptors (Lipinski definition) is 2. The molecule has 1 N–H and O–H groups in total. The number of fused-ring (bicyclic) bond motifs is 1. The molecule has 0 spiro atoms. The lowest BCUT2D eigenvalue weighted by Crippen LogP contribution is -2.37. The van der Waals surface area contributed by atoms with E-state index in [0.29, 0.717) is 12.3 Å². The van der Waals surface area contributed by atoms with E-state index in [0.717, 1.165) is 12.8 Å². The Hall–Kier alpha value is -0.370. The molecular weight excluding hydrogens is 140 g/mol. The molecule has 0 aromatic rings. The van der Waals surface area contributed by atoms with Crippen LogP contribution in [0.1, 0.15) is 33.1 Å². The molecule has 2 nitrogen and oxygen atoms in total. The van der Waals surface area contributed by atoms with Crippen molar-refractivity contribution in [1.29, 1.82) is 0 Å². The van der Waals surface area contributed by atoms with Gasteiger partial charge in [-0.1, -0.05) is 0 Å². The topological polar surface area (TPSA) is 37.3 Å². The Balaban J connectivity index is 2.32. The third-order valence-corrected chi connectivity index (χ3v) is 3.41. The van der Waals surface area contributed by atoms with E-state index in [4.69, 9.17) is 0 Å². The molecule has 0 unspecified atom stereocenters. The number of rotatable bonds is 1. The van der Waals surface area contributed by atoms with Crippen LogP contribution >= 0.6 is 0 Å². The van der Waals surface area contributed by atoms with Crippen molar-refractivity contribution >= 4 is 5.78 Å². The van der Waals surface area contributed by atoms with Gasteiger partial charge in [0.25, 0.3) is 0 Å². The van der Waals surface area contributed by atoms with Gasteiger partial charge >= 0.3 is 0 Å². The first-order chi connectivity index (χ1) is 4.98. The van der Waals surface area contributed by atoms with Gasteiger partial charge in [-0.3, -0.25) is 4.79 Å². The highest BCUT2D eigenvalue weighted by Gasteiger charge is 2.69. The molecule has 2 atom stereocenters. The summed E-state index contributed by atoms with van der Waals surface area (Å²) in [6, 6.07) is 0. The molecule has 0 amide bonds. The van der Waals surface area contributed by atoms with E-state index in [-0.39, 0.29) is 11.2 Å². The van der Waals surface area contributed by atoms with Gasteiger partial charge in [0.2, 0.25) is 0 Å². The maximum absolute atomic E-state index is 11.4. The summed E-state index contributed by atoms with van der Waals surface area (Å²) in [5, 5.41) is 9.77. The summed E-state index contributed by atoms with van der Waals surface area (Å²) in [6.45, 7) is 3.52. The van der Waals surface area contributed by atoms with E-state index >= 15 is 0 Å². The first kappa shape index (κ1) is 7.29. The lowest BCUT2D eigenvalue weighted by molar-refractivity contribution is -0.131. The van der Waals surface area contributed by atoms with Crippen molar-refractivity contribution in [3.8, 4) is 0 Å². The number of carbonyl (C=O) groups is 1. The Kier molecular flexibility index (Phi) is 1.12. The molecule has 0 aliphatic heterocycles. The van der Waals surface area contributed by atoms with E-state index < -0.39 is 5.60 Å². The van der Waals surface area contributed by atoms with Crippen molar-refractivity contribution in [2.75, 3.05) is 0 Å². The summed E-state index contributed by atoms with van der Waals surface area (Å²) < 4.78 is 0. The number of aliphatic hydroxyl groups is 1. The van der Waals surface area contributed by atoms with Crippen LogP contribution in [0.4, 0.5) is 0 Å². The molecule has 2 saturated carbocycles. The summed E-state index contributed by atoms with van der Waals surface area (Å²) in [4.78, 5) is 11.4. The minimum absolute atomic E-state index is 0.287. The first-order valence-electron chi connectivity index (χ1n) is 4.24. The van der Waals surface area contributed by atoms with E-state index in [2.05, 4.69) is 0 Å². The van der Waals surface area contributed by atoms with Gasteiger partial charge in [-0.2, -0.15) is 0 Å². The molecule has 2 rings (SSSR count). The van der Waals surface area contributed by atoms with Crippen LogP contribution in [0.2, 0.25) is 0 Å². The summed E-state index contributed by atoms with van der Waals surface area (Å²) in [5.74, 6) is 0.782. The van der Waals surface area contributed by atoms with Crippen LogP contribution in [0.25, 0.3) is 0 Å². The second-order valence-corrected chi connectivity index (χ2v) is 4.39. The predicted molar refractivity (Wildman–Crippen MR) is 41.1 cm³/mol. The van der Waals surface area contributed by atoms with E-state index in [1.54, 1.807) is 13.8 Å². The fraction of sp³-hybridized carbons (Fsp3) is 0.889. The van der Waals surface area contributed by atoms with Crippen molar-refractivity contribution in [3.63, 3.8) is 0 Å². The highest BCUT2D eigenvalue weighted by molar-refractivity contribution is 5.92. The molecular formula is C9H14O2. The molecule has 2 aliphatic rings. The Morgan fingerprint density at radius 3 is 2.45 bits per heavy atom. The molecule has 2 heteroatoms. The lowest BCUT2D eigenvalue weighted by atomic mass is 9.84. The molecule has 0 aromatic carbocycles. The maximum Gasteiger partial charge on any atom is 0.142 e. The molecule has 0 saturated heterocycles. The van der Waals surface area contributed by atoms with Crippen LogP contribution in [0.15, 0.2) is 0 Å². The summed E-state index contributed by atoms with van der Waals surface area (Å²) >= 11 is 0. The molecule has 0 heterocycles. The van der Waals surface area contributed by atoms with Crippen molar-refractivity contribution in [2.45, 2.75) is 38.7 Å². The minimum Gasteiger partial charge on any atom is -0.389 e. The van der Waals surface area contributed by atoms with E-state index in [1.165, 1.54) is 0 Å². The maximum atomic E-state index is 11.4. The molecule has 2 fully saturated rings. The van der Waals surface area contributed by atoms with Gasteiger partial charge < -0.3 is 5.11 Å². The predicted octanol–water partition coefficient (Wildman–Crippen LogP) is 1.13. The SMILES string of the molecule is CC(C)(O)[C@@]12C[C@@H]1CCC2=O. The molecule has 0 bridgehead atoms. The van der Waals surface area contributed by atoms with Crippen LogP contribution in [-0.2, 0) is 4.79 Å². The van der Waals surface area contributed by atoms with Gasteiger partial charge in [0.15, 0.2) is 0 Å². The van der Waals surface area contributed by atoms with Gasteiger partial charge in [-0.15, -0.1) is 0 Å². The van der Waals surface area contributed by atoms with Crippen LogP contribution in [0.5, 0.6) is 0 Å². The number of hydrogen-bond donors (Lipinski definition) is 1. The highest BCUT2D eigenvalue weighted by Crippen LogP contribution is 2.66. The zero-order chi connectivity index (χ0) is 8.28. The largest absolute Gasteiger partial charge is 0.389 e. The molecule has 0 radical (unpaired) electrons. The van der Waals surface area contributed by atoms with Gasteiger partial charge in [-0.25, -0.2) is 0 Å². The average Bonchev–Trinajstić information content (AvgIpc) is 2.50. The van der Waals surface area contributed by atoms with Gasteiger partial charge in [0.1, 0.15) is 5.78 Å². The fourth-order valence-corrected chi connectivity index (χ4v) is 2.64. The highest BCUT2D eigenvalue weighted by atomic mass is 16.3. The fourth-order valence-electron chi connectivity index (χ4n) is 2.64. The van der Waals surface area contributed by atoms with Crippen molar-refractivity contribution in [2.24, 2.45) is 11.3 Å². The summed E-state index contributed by atoms with van der Waals surface area (Å²) in [7, 11) is 0. The molecule has 2 aliphatic carbocycles. The minimum atomic E-state index is -0.786. The van der Waals surface area contributed by atoms with Gasteiger partial charge in [-0.05, 0) is 32.6 Å². The second-order valence-electron chi connectivity index (χ2n) is 4.39. The summed E-state index contributed by atoms with van der Waals surface area (Å²) in [5.41, 5.74) is -1.11. The Morgan fingerprint density at radius 1 is 1.64 bits per heavy atom. The van der Waals surface area contributed by atoms with Crippen LogP contribution in [0.3, 0.4) is 0 Å². The van der Waals surface area contributed by atoms with Crippen LogP contribution < -0.4 is 0 Å². The third-order valence-electron chi connectivity index (χ3n) is 3.41. The van der Waals surface area contributed by atoms with Crippen molar-refractivity contribution in [1.82, 2.24) is 0 Å². The Morgan fingerprint density at radius 2 is 2.27 bits per heavy atom. The standard InChI is InChI=1S/C9H14O2/c1-8(2,11)9-5-6(9)3-4-7(9)10/h6,11H,3-5H2,1-2H3/t6-,9-/m0/s1. The van der Waals surface area contributed by atoms with Crippen molar-refractivity contribution in [3.05, 3.63) is 0 Å². The van der Waals surface area contributed by atoms with Crippen LogP contribution in [-0.4, -0.2) is 16.5 Å². The third kappa shape index (κ3) is 0.684. The zero-order valence-corrected chi connectivity index (χ0v) is 7.05. The molecule has 0 aromatic heterocycles. The van der Waals surface area contributed by atoms with E-state index in [1.807, 2.05) is 0 Å². The normalized spacial score (nSPS) is 42.5. The van der Waals surface area contributed by atoms with Crippen LogP contribution in [0, 0.1) is 11.3 Å². The van der Waals surface area contributed by atoms with E-state index in [9.17, 15) is 9.90 Å². The van der Waals surface area contributed by atoms with Crippen molar-refractivity contribution < 1.29 is 9.90 Å². The Bertz CT molecular complexity index is 214. The zero-order valence-electron chi connectivity index (χ0n) is 7.05. The number of Topliss-reactive ketones (excluding diaryl/α,β-unsaturated/α-hetero) is 1. The smallest absolute Gasteiger partial charge is 0.142 e. The summed E-state index contributed by atoms with van der Waals surface area (Å²) in [6.07, 6.45) is 2.62. The Labute approximate surface area is 66.6 Å². The second kappa shape index (κ2) is 1.69. The van der Waals surface area contributed by atoms with Gasteiger partial charge in [0, 0.05) is 6.42 Å². The molecule has 62 valence electrons. The average molecular weight is 154 g/mol. The number of ketones is 1. The van der Waals surface area contributed by atoms with Gasteiger partial charge in [0.05, 0.1) is 11.0 Å².